The van der Waals surface area contributed by atoms with E-state index in [2.05, 4.69) is 11.9 Å². The van der Waals surface area contributed by atoms with Crippen LogP contribution in [0.5, 0.6) is 0 Å². The summed E-state index contributed by atoms with van der Waals surface area (Å²) in [6.07, 6.45) is 4.81. The largest absolute Gasteiger partial charge is 0.348 e. The van der Waals surface area contributed by atoms with Crippen LogP contribution in [0.2, 0.25) is 0 Å². The second kappa shape index (κ2) is 6.62. The number of nitrogens with one attached hydrogen (secondary N) is 1. The Kier molecular flexibility index (Phi) is 5.06. The molecule has 0 saturated carbocycles. The maximum absolute atomic E-state index is 11.7. The number of carbonyl (C=O) groups excluding carboxylic acids is 1. The number of carbonyl (C=O) groups is 1. The van der Waals surface area contributed by atoms with Crippen LogP contribution in [0, 0.1) is 0 Å². The molecule has 1 aromatic rings. The van der Waals surface area contributed by atoms with Crippen molar-refractivity contribution in [2.45, 2.75) is 13.3 Å². The van der Waals surface area contributed by atoms with Crippen molar-refractivity contribution >= 4 is 5.91 Å². The summed E-state index contributed by atoms with van der Waals surface area (Å²) < 4.78 is 0. The molecule has 1 rings (SSSR count). The summed E-state index contributed by atoms with van der Waals surface area (Å²) in [4.78, 5) is 11.7. The lowest BCUT2D eigenvalue weighted by atomic mass is 10.2. The Balaban J connectivity index is 2.39. The Labute approximate surface area is 96.7 Å². The fourth-order valence-corrected chi connectivity index (χ4v) is 1.25. The minimum absolute atomic E-state index is 0.0535. The van der Waals surface area contributed by atoms with Gasteiger partial charge in [0.05, 0.1) is 0 Å². The van der Waals surface area contributed by atoms with Gasteiger partial charge in [0, 0.05) is 12.1 Å². The second-order valence-electron chi connectivity index (χ2n) is 3.57. The zero-order chi connectivity index (χ0) is 11.8. The van der Waals surface area contributed by atoms with E-state index in [0.717, 1.165) is 12.0 Å². The molecule has 1 N–H and O–H groups in total. The summed E-state index contributed by atoms with van der Waals surface area (Å²) in [6, 6.07) is 9.18. The highest BCUT2D eigenvalue weighted by Crippen LogP contribution is 2.00. The molecule has 0 fully saturated rings. The number of hydrogen-bond acceptors (Lipinski definition) is 1. The predicted molar refractivity (Wildman–Crippen MR) is 67.3 cm³/mol. The van der Waals surface area contributed by atoms with Crippen molar-refractivity contribution in [1.29, 1.82) is 0 Å². The highest BCUT2D eigenvalue weighted by molar-refractivity contribution is 5.94. The summed E-state index contributed by atoms with van der Waals surface area (Å²) in [5, 5.41) is 2.84. The zero-order valence-electron chi connectivity index (χ0n) is 9.57. The molecule has 0 heterocycles. The molecule has 0 aliphatic heterocycles. The highest BCUT2D eigenvalue weighted by atomic mass is 16.1. The van der Waals surface area contributed by atoms with Crippen LogP contribution in [0.25, 0.3) is 0 Å². The van der Waals surface area contributed by atoms with E-state index >= 15 is 0 Å². The quantitative estimate of drug-likeness (QED) is 0.752. The highest BCUT2D eigenvalue weighted by Gasteiger charge is 2.03. The van der Waals surface area contributed by atoms with Crippen molar-refractivity contribution in [3.8, 4) is 0 Å². The minimum atomic E-state index is -0.0535. The molecule has 0 aromatic heterocycles. The van der Waals surface area contributed by atoms with Gasteiger partial charge in [-0.25, -0.2) is 0 Å². The van der Waals surface area contributed by atoms with Crippen LogP contribution >= 0.6 is 0 Å². The molecule has 84 valence electrons. The fraction of sp³-hybridized carbons (Fsp3) is 0.214. The van der Waals surface area contributed by atoms with Gasteiger partial charge >= 0.3 is 0 Å². The van der Waals surface area contributed by atoms with E-state index in [-0.39, 0.29) is 5.91 Å². The first-order chi connectivity index (χ1) is 7.74. The molecule has 0 spiro atoms. The van der Waals surface area contributed by atoms with E-state index in [1.165, 1.54) is 0 Å². The number of amides is 1. The van der Waals surface area contributed by atoms with Crippen LogP contribution in [-0.2, 0) is 0 Å². The lowest BCUT2D eigenvalue weighted by molar-refractivity contribution is 0.0957. The maximum Gasteiger partial charge on any atom is 0.251 e. The summed E-state index contributed by atoms with van der Waals surface area (Å²) in [5.74, 6) is -0.0535. The molecule has 0 unspecified atom stereocenters. The topological polar surface area (TPSA) is 29.1 Å². The maximum atomic E-state index is 11.7. The number of hydrogen-bond donors (Lipinski definition) is 1. The molecule has 0 radical (unpaired) electrons. The molecule has 0 saturated heterocycles. The van der Waals surface area contributed by atoms with E-state index in [4.69, 9.17) is 0 Å². The van der Waals surface area contributed by atoms with E-state index in [1.54, 1.807) is 12.1 Å². The molecule has 0 aliphatic carbocycles. The normalized spacial score (nSPS) is 10.3. The second-order valence-corrected chi connectivity index (χ2v) is 3.57. The Bertz CT molecular complexity index is 379. The van der Waals surface area contributed by atoms with E-state index in [0.29, 0.717) is 12.1 Å². The number of allylic oxidation sites excluding steroid dienone is 2. The van der Waals surface area contributed by atoms with Gasteiger partial charge in [-0.3, -0.25) is 4.79 Å². The molecule has 1 amide bonds. The SMILES string of the molecule is C=C(C/C=C/C)CNC(=O)c1ccccc1. The van der Waals surface area contributed by atoms with Crippen LogP contribution in [-0.4, -0.2) is 12.5 Å². The number of benzene rings is 1. The van der Waals surface area contributed by atoms with Gasteiger partial charge in [-0.1, -0.05) is 42.5 Å². The molecule has 16 heavy (non-hydrogen) atoms. The van der Waals surface area contributed by atoms with E-state index < -0.39 is 0 Å². The van der Waals surface area contributed by atoms with Gasteiger partial charge in [-0.2, -0.15) is 0 Å². The molecule has 1 aromatic carbocycles. The molecule has 0 bridgehead atoms. The first kappa shape index (κ1) is 12.2. The predicted octanol–water partition coefficient (Wildman–Crippen LogP) is 2.94. The van der Waals surface area contributed by atoms with Crippen LogP contribution < -0.4 is 5.32 Å². The molecule has 2 heteroatoms. The number of rotatable bonds is 5. The first-order valence-corrected chi connectivity index (χ1v) is 5.35. The molecule has 0 aliphatic rings. The summed E-state index contributed by atoms with van der Waals surface area (Å²) in [6.45, 7) is 6.39. The molecule has 0 atom stereocenters. The lowest BCUT2D eigenvalue weighted by Crippen LogP contribution is -2.25. The molecular weight excluding hydrogens is 198 g/mol. The van der Waals surface area contributed by atoms with Gasteiger partial charge < -0.3 is 5.32 Å². The molecular formula is C14H17NO. The Morgan fingerprint density at radius 3 is 2.69 bits per heavy atom. The van der Waals surface area contributed by atoms with Crippen molar-refractivity contribution in [1.82, 2.24) is 5.32 Å². The van der Waals surface area contributed by atoms with Crippen molar-refractivity contribution in [2.75, 3.05) is 6.54 Å². The van der Waals surface area contributed by atoms with Gasteiger partial charge in [0.2, 0.25) is 0 Å². The van der Waals surface area contributed by atoms with Gasteiger partial charge in [0.25, 0.3) is 5.91 Å². The fourth-order valence-electron chi connectivity index (χ4n) is 1.25. The summed E-state index contributed by atoms with van der Waals surface area (Å²) >= 11 is 0. The monoisotopic (exact) mass is 215 g/mol. The third-order valence-electron chi connectivity index (χ3n) is 2.18. The van der Waals surface area contributed by atoms with Gasteiger partial charge in [0.15, 0.2) is 0 Å². The van der Waals surface area contributed by atoms with Crippen LogP contribution in [0.1, 0.15) is 23.7 Å². The standard InChI is InChI=1S/C14H17NO/c1-3-4-8-12(2)11-15-14(16)13-9-6-5-7-10-13/h3-7,9-10H,2,8,11H2,1H3,(H,15,16)/b4-3+. The zero-order valence-corrected chi connectivity index (χ0v) is 9.57. The molecule has 2 nitrogen and oxygen atoms in total. The third-order valence-corrected chi connectivity index (χ3v) is 2.18. The van der Waals surface area contributed by atoms with E-state index in [9.17, 15) is 4.79 Å². The smallest absolute Gasteiger partial charge is 0.251 e. The van der Waals surface area contributed by atoms with Gasteiger partial charge in [-0.05, 0) is 25.5 Å². The van der Waals surface area contributed by atoms with Crippen LogP contribution in [0.3, 0.4) is 0 Å². The van der Waals surface area contributed by atoms with Crippen molar-refractivity contribution in [2.24, 2.45) is 0 Å². The average Bonchev–Trinajstić information content (AvgIpc) is 2.34. The minimum Gasteiger partial charge on any atom is -0.348 e. The van der Waals surface area contributed by atoms with Crippen molar-refractivity contribution in [3.63, 3.8) is 0 Å². The van der Waals surface area contributed by atoms with Gasteiger partial charge in [0.1, 0.15) is 0 Å². The summed E-state index contributed by atoms with van der Waals surface area (Å²) in [7, 11) is 0. The lowest BCUT2D eigenvalue weighted by Gasteiger charge is -2.06. The van der Waals surface area contributed by atoms with Crippen molar-refractivity contribution < 1.29 is 4.79 Å². The third kappa shape index (κ3) is 4.13. The Morgan fingerprint density at radius 1 is 1.38 bits per heavy atom. The Morgan fingerprint density at radius 2 is 2.06 bits per heavy atom. The Hall–Kier alpha value is -1.83. The first-order valence-electron chi connectivity index (χ1n) is 5.35. The van der Waals surface area contributed by atoms with Crippen LogP contribution in [0.4, 0.5) is 0 Å². The average molecular weight is 215 g/mol. The van der Waals surface area contributed by atoms with Gasteiger partial charge in [-0.15, -0.1) is 0 Å². The van der Waals surface area contributed by atoms with E-state index in [1.807, 2.05) is 37.3 Å². The summed E-state index contributed by atoms with van der Waals surface area (Å²) in [5.41, 5.74) is 1.68. The van der Waals surface area contributed by atoms with Crippen molar-refractivity contribution in [3.05, 3.63) is 60.2 Å². The van der Waals surface area contributed by atoms with Crippen LogP contribution in [0.15, 0.2) is 54.6 Å².